The van der Waals surface area contributed by atoms with Gasteiger partial charge < -0.3 is 9.47 Å². The number of rotatable bonds is 1. The van der Waals surface area contributed by atoms with E-state index in [2.05, 4.69) is 13.0 Å². The monoisotopic (exact) mass is 288 g/mol. The lowest BCUT2D eigenvalue weighted by Crippen LogP contribution is -2.30. The highest BCUT2D eigenvalue weighted by atomic mass is 16.5. The molecule has 1 saturated heterocycles. The van der Waals surface area contributed by atoms with E-state index in [9.17, 15) is 9.59 Å². The molecular formula is C17H20O4. The molecule has 0 spiro atoms. The fourth-order valence-electron chi connectivity index (χ4n) is 3.70. The van der Waals surface area contributed by atoms with E-state index in [1.54, 1.807) is 0 Å². The van der Waals surface area contributed by atoms with Crippen molar-refractivity contribution in [1.29, 1.82) is 0 Å². The Morgan fingerprint density at radius 3 is 2.86 bits per heavy atom. The largest absolute Gasteiger partial charge is 0.430 e. The Balaban J connectivity index is 2.14. The summed E-state index contributed by atoms with van der Waals surface area (Å²) in [6.07, 6.45) is 5.84. The maximum Gasteiger partial charge on any atom is 0.314 e. The lowest BCUT2D eigenvalue weighted by atomic mass is 9.65. The summed E-state index contributed by atoms with van der Waals surface area (Å²) in [6.45, 7) is 7.39. The standard InChI is InChI=1S/C17H20O4/c1-9-12-5-7-17(4)8-6-13(20-11(3)18)10(2)14(17)15(12)21-16(9)19/h6,8-9,12H,5,7H2,1-4H3/t9-,12-,17-/m0/s1. The predicted octanol–water partition coefficient (Wildman–Crippen LogP) is 3.26. The van der Waals surface area contributed by atoms with Crippen LogP contribution in [0.3, 0.4) is 0 Å². The molecule has 0 aromatic heterocycles. The molecule has 1 heterocycles. The Kier molecular flexibility index (Phi) is 3.08. The second kappa shape index (κ2) is 4.58. The van der Waals surface area contributed by atoms with Crippen LogP contribution in [-0.2, 0) is 19.1 Å². The fraction of sp³-hybridized carbons (Fsp3) is 0.529. The van der Waals surface area contributed by atoms with E-state index < -0.39 is 0 Å². The molecule has 3 rings (SSSR count). The first kappa shape index (κ1) is 14.1. The van der Waals surface area contributed by atoms with Crippen molar-refractivity contribution in [3.8, 4) is 0 Å². The molecule has 1 aliphatic heterocycles. The third-order valence-electron chi connectivity index (χ3n) is 4.92. The van der Waals surface area contributed by atoms with Gasteiger partial charge in [0.2, 0.25) is 0 Å². The second-order valence-corrected chi connectivity index (χ2v) is 6.43. The van der Waals surface area contributed by atoms with E-state index in [4.69, 9.17) is 9.47 Å². The van der Waals surface area contributed by atoms with Crippen molar-refractivity contribution in [3.63, 3.8) is 0 Å². The SMILES string of the molecule is CC(=O)OC1=C(C)C2=C3OC(=O)[C@@H](C)[C@@H]3CC[C@@]2(C)C=C1. The van der Waals surface area contributed by atoms with E-state index in [1.165, 1.54) is 6.92 Å². The van der Waals surface area contributed by atoms with E-state index in [0.29, 0.717) is 5.76 Å². The summed E-state index contributed by atoms with van der Waals surface area (Å²) in [4.78, 5) is 23.1. The van der Waals surface area contributed by atoms with Gasteiger partial charge in [-0.05, 0) is 31.4 Å². The minimum Gasteiger partial charge on any atom is -0.430 e. The first-order valence-corrected chi connectivity index (χ1v) is 7.39. The normalized spacial score (nSPS) is 34.6. The maximum absolute atomic E-state index is 11.9. The molecule has 0 radical (unpaired) electrons. The molecule has 0 aromatic rings. The number of carbonyl (C=O) groups is 2. The van der Waals surface area contributed by atoms with Gasteiger partial charge in [0.1, 0.15) is 11.5 Å². The van der Waals surface area contributed by atoms with Gasteiger partial charge in [-0.2, -0.15) is 0 Å². The van der Waals surface area contributed by atoms with Crippen LogP contribution in [0.2, 0.25) is 0 Å². The van der Waals surface area contributed by atoms with Gasteiger partial charge >= 0.3 is 11.9 Å². The summed E-state index contributed by atoms with van der Waals surface area (Å²) in [6, 6.07) is 0. The number of hydrogen-bond donors (Lipinski definition) is 0. The van der Waals surface area contributed by atoms with Gasteiger partial charge in [-0.1, -0.05) is 19.9 Å². The summed E-state index contributed by atoms with van der Waals surface area (Å²) < 4.78 is 10.8. The summed E-state index contributed by atoms with van der Waals surface area (Å²) in [5.41, 5.74) is 1.77. The van der Waals surface area contributed by atoms with Crippen molar-refractivity contribution in [2.75, 3.05) is 0 Å². The second-order valence-electron chi connectivity index (χ2n) is 6.43. The van der Waals surface area contributed by atoms with E-state index in [0.717, 1.165) is 29.7 Å². The Labute approximate surface area is 124 Å². The molecule has 21 heavy (non-hydrogen) atoms. The fourth-order valence-corrected chi connectivity index (χ4v) is 3.70. The Bertz CT molecular complexity index is 623. The molecule has 0 N–H and O–H groups in total. The summed E-state index contributed by atoms with van der Waals surface area (Å²) in [5.74, 6) is 0.913. The summed E-state index contributed by atoms with van der Waals surface area (Å²) >= 11 is 0. The number of esters is 2. The molecule has 3 atom stereocenters. The maximum atomic E-state index is 11.9. The van der Waals surface area contributed by atoms with Crippen molar-refractivity contribution in [2.45, 2.75) is 40.5 Å². The number of ether oxygens (including phenoxy) is 2. The first-order valence-electron chi connectivity index (χ1n) is 7.39. The molecule has 4 heteroatoms. The Hall–Kier alpha value is -1.84. The van der Waals surface area contributed by atoms with Gasteiger partial charge in [-0.3, -0.25) is 9.59 Å². The first-order chi connectivity index (χ1) is 9.83. The molecule has 0 bridgehead atoms. The molecule has 112 valence electrons. The van der Waals surface area contributed by atoms with Crippen LogP contribution in [0.5, 0.6) is 0 Å². The van der Waals surface area contributed by atoms with Crippen LogP contribution in [0.4, 0.5) is 0 Å². The highest BCUT2D eigenvalue weighted by Crippen LogP contribution is 2.54. The van der Waals surface area contributed by atoms with Crippen LogP contribution >= 0.6 is 0 Å². The van der Waals surface area contributed by atoms with Crippen LogP contribution in [0.25, 0.3) is 0 Å². The smallest absolute Gasteiger partial charge is 0.314 e. The highest BCUT2D eigenvalue weighted by molar-refractivity contribution is 5.78. The number of fused-ring (bicyclic) bond motifs is 2. The van der Waals surface area contributed by atoms with Gasteiger partial charge in [0.05, 0.1) is 5.92 Å². The van der Waals surface area contributed by atoms with E-state index in [-0.39, 0.29) is 29.2 Å². The van der Waals surface area contributed by atoms with Gasteiger partial charge in [0, 0.05) is 23.8 Å². The molecule has 4 nitrogen and oxygen atoms in total. The number of allylic oxidation sites excluding steroid dienone is 5. The minimum atomic E-state index is -0.340. The van der Waals surface area contributed by atoms with Crippen LogP contribution in [-0.4, -0.2) is 11.9 Å². The van der Waals surface area contributed by atoms with Crippen molar-refractivity contribution >= 4 is 11.9 Å². The molecule has 3 aliphatic rings. The average Bonchev–Trinajstić information content (AvgIpc) is 2.68. The zero-order chi connectivity index (χ0) is 15.4. The number of hydrogen-bond acceptors (Lipinski definition) is 4. The molecule has 0 saturated carbocycles. The lowest BCUT2D eigenvalue weighted by Gasteiger charge is -2.39. The lowest BCUT2D eigenvalue weighted by molar-refractivity contribution is -0.139. The Morgan fingerprint density at radius 2 is 2.19 bits per heavy atom. The van der Waals surface area contributed by atoms with E-state index in [1.807, 2.05) is 19.9 Å². The minimum absolute atomic E-state index is 0.0899. The van der Waals surface area contributed by atoms with Crippen LogP contribution in [0.1, 0.15) is 40.5 Å². The summed E-state index contributed by atoms with van der Waals surface area (Å²) in [7, 11) is 0. The summed E-state index contributed by atoms with van der Waals surface area (Å²) in [5, 5.41) is 0. The van der Waals surface area contributed by atoms with E-state index >= 15 is 0 Å². The van der Waals surface area contributed by atoms with Crippen LogP contribution in [0, 0.1) is 17.3 Å². The molecule has 2 aliphatic carbocycles. The molecule has 0 aromatic carbocycles. The number of carbonyl (C=O) groups excluding carboxylic acids is 2. The van der Waals surface area contributed by atoms with Gasteiger partial charge in [-0.25, -0.2) is 0 Å². The zero-order valence-corrected chi connectivity index (χ0v) is 12.9. The van der Waals surface area contributed by atoms with Crippen molar-refractivity contribution in [2.24, 2.45) is 17.3 Å². The quantitative estimate of drug-likeness (QED) is 0.695. The van der Waals surface area contributed by atoms with Crippen molar-refractivity contribution < 1.29 is 19.1 Å². The Morgan fingerprint density at radius 1 is 1.48 bits per heavy atom. The molecule has 0 amide bonds. The van der Waals surface area contributed by atoms with Crippen LogP contribution in [0.15, 0.2) is 34.8 Å². The molecular weight excluding hydrogens is 268 g/mol. The average molecular weight is 288 g/mol. The van der Waals surface area contributed by atoms with Gasteiger partial charge in [-0.15, -0.1) is 0 Å². The molecule has 1 fully saturated rings. The van der Waals surface area contributed by atoms with Crippen LogP contribution < -0.4 is 0 Å². The van der Waals surface area contributed by atoms with Gasteiger partial charge in [0.25, 0.3) is 0 Å². The zero-order valence-electron chi connectivity index (χ0n) is 12.9. The predicted molar refractivity (Wildman–Crippen MR) is 76.7 cm³/mol. The molecule has 0 unspecified atom stereocenters. The van der Waals surface area contributed by atoms with Gasteiger partial charge in [0.15, 0.2) is 0 Å². The highest BCUT2D eigenvalue weighted by Gasteiger charge is 2.48. The van der Waals surface area contributed by atoms with Crippen molar-refractivity contribution in [3.05, 3.63) is 34.8 Å². The van der Waals surface area contributed by atoms with Crippen molar-refractivity contribution in [1.82, 2.24) is 0 Å². The topological polar surface area (TPSA) is 52.6 Å². The third-order valence-corrected chi connectivity index (χ3v) is 4.92. The third kappa shape index (κ3) is 2.04.